The average Bonchev–Trinajstić information content (AvgIpc) is 2.71. The minimum Gasteiger partial charge on any atom is -0.478 e. The second-order valence-electron chi connectivity index (χ2n) is 5.07. The largest absolute Gasteiger partial charge is 0.478 e. The summed E-state index contributed by atoms with van der Waals surface area (Å²) < 4.78 is 3.99. The number of carboxylic acid groups (broad SMARTS) is 1. The van der Waals surface area contributed by atoms with Gasteiger partial charge >= 0.3 is 5.97 Å². The number of carbonyl (C=O) groups is 2. The number of hydrogen-bond donors (Lipinski definition) is 3. The van der Waals surface area contributed by atoms with Gasteiger partial charge in [-0.05, 0) is 44.8 Å². The third-order valence-corrected chi connectivity index (χ3v) is 4.30. The number of aromatic carboxylic acids is 1. The van der Waals surface area contributed by atoms with Crippen LogP contribution in [0.4, 0.5) is 5.00 Å². The summed E-state index contributed by atoms with van der Waals surface area (Å²) in [6.07, 6.45) is 1.74. The van der Waals surface area contributed by atoms with Crippen LogP contribution in [0.3, 0.4) is 0 Å². The van der Waals surface area contributed by atoms with Crippen molar-refractivity contribution >= 4 is 28.4 Å². The van der Waals surface area contributed by atoms with E-state index in [4.69, 9.17) is 5.11 Å². The van der Waals surface area contributed by atoms with Crippen LogP contribution in [0.15, 0.2) is 0 Å². The topological polar surface area (TPSA) is 91.3 Å². The molecule has 0 spiro atoms. The van der Waals surface area contributed by atoms with Crippen molar-refractivity contribution in [2.75, 3.05) is 18.4 Å². The molecule has 1 fully saturated rings. The van der Waals surface area contributed by atoms with Crippen molar-refractivity contribution in [1.29, 1.82) is 0 Å². The molecule has 0 aromatic carbocycles. The first kappa shape index (κ1) is 14.0. The Labute approximate surface area is 115 Å². The molecule has 2 rings (SSSR count). The van der Waals surface area contributed by atoms with Gasteiger partial charge in [-0.2, -0.15) is 4.37 Å². The molecule has 6 nitrogen and oxygen atoms in total. The van der Waals surface area contributed by atoms with Gasteiger partial charge in [0.1, 0.15) is 10.6 Å². The monoisotopic (exact) mass is 283 g/mol. The van der Waals surface area contributed by atoms with Gasteiger partial charge in [0.25, 0.3) is 0 Å². The van der Waals surface area contributed by atoms with Crippen molar-refractivity contribution < 1.29 is 14.7 Å². The number of nitrogens with one attached hydrogen (secondary N) is 2. The Bertz CT molecular complexity index is 506. The molecule has 19 heavy (non-hydrogen) atoms. The number of piperidine rings is 1. The van der Waals surface area contributed by atoms with Gasteiger partial charge in [-0.3, -0.25) is 4.79 Å². The molecule has 0 saturated carbocycles. The quantitative estimate of drug-likeness (QED) is 0.781. The number of nitrogens with zero attached hydrogens (tertiary/aromatic N) is 1. The molecule has 1 unspecified atom stereocenters. The molecule has 3 N–H and O–H groups in total. The number of carboxylic acids is 1. The standard InChI is InChI=1S/C12H17N3O3S/c1-7-8(10(16)17)9(19-15-7)14-11(18)12(2)4-3-5-13-6-12/h13H,3-6H2,1-2H3,(H,14,18)(H,16,17). The average molecular weight is 283 g/mol. The van der Waals surface area contributed by atoms with Crippen molar-refractivity contribution in [3.8, 4) is 0 Å². The zero-order valence-electron chi connectivity index (χ0n) is 10.9. The number of rotatable bonds is 3. The Morgan fingerprint density at radius 3 is 2.84 bits per heavy atom. The second kappa shape index (κ2) is 5.26. The van der Waals surface area contributed by atoms with Gasteiger partial charge in [0, 0.05) is 6.54 Å². The summed E-state index contributed by atoms with van der Waals surface area (Å²) in [7, 11) is 0. The van der Waals surface area contributed by atoms with Gasteiger partial charge < -0.3 is 15.7 Å². The SMILES string of the molecule is Cc1nsc(NC(=O)C2(C)CCCNC2)c1C(=O)O. The number of aromatic nitrogens is 1. The highest BCUT2D eigenvalue weighted by Gasteiger charge is 2.35. The van der Waals surface area contributed by atoms with E-state index in [-0.39, 0.29) is 11.5 Å². The first-order valence-electron chi connectivity index (χ1n) is 6.16. The summed E-state index contributed by atoms with van der Waals surface area (Å²) in [5.41, 5.74) is 0.0248. The van der Waals surface area contributed by atoms with Gasteiger partial charge in [-0.25, -0.2) is 4.79 Å². The summed E-state index contributed by atoms with van der Waals surface area (Å²) in [5, 5.41) is 15.4. The normalized spacial score (nSPS) is 23.1. The van der Waals surface area contributed by atoms with Crippen molar-refractivity contribution in [2.45, 2.75) is 26.7 Å². The minimum atomic E-state index is -1.06. The summed E-state index contributed by atoms with van der Waals surface area (Å²) in [5.74, 6) is -1.21. The molecule has 0 bridgehead atoms. The van der Waals surface area contributed by atoms with Crippen LogP contribution in [0.2, 0.25) is 0 Å². The first-order chi connectivity index (χ1) is 8.94. The molecule has 1 atom stereocenters. The van der Waals surface area contributed by atoms with Crippen LogP contribution in [0.1, 0.15) is 35.8 Å². The smallest absolute Gasteiger partial charge is 0.340 e. The van der Waals surface area contributed by atoms with Gasteiger partial charge in [0.15, 0.2) is 0 Å². The molecule has 1 saturated heterocycles. The molecule has 1 aromatic rings. The van der Waals surface area contributed by atoms with Crippen molar-refractivity contribution in [3.05, 3.63) is 11.3 Å². The summed E-state index contributed by atoms with van der Waals surface area (Å²) >= 11 is 1.01. The third kappa shape index (κ3) is 2.76. The molecule has 1 aromatic heterocycles. The molecular formula is C12H17N3O3S. The number of amides is 1. The van der Waals surface area contributed by atoms with Crippen LogP contribution in [-0.2, 0) is 4.79 Å². The maximum atomic E-state index is 12.3. The summed E-state index contributed by atoms with van der Waals surface area (Å²) in [6, 6.07) is 0. The molecule has 0 aliphatic carbocycles. The van der Waals surface area contributed by atoms with Crippen molar-refractivity contribution in [3.63, 3.8) is 0 Å². The lowest BCUT2D eigenvalue weighted by molar-refractivity contribution is -0.125. The van der Waals surface area contributed by atoms with Gasteiger partial charge in [-0.15, -0.1) is 0 Å². The minimum absolute atomic E-state index is 0.0886. The molecule has 1 aliphatic heterocycles. The number of hydrogen-bond acceptors (Lipinski definition) is 5. The van der Waals surface area contributed by atoms with E-state index in [0.717, 1.165) is 30.9 Å². The highest BCUT2D eigenvalue weighted by atomic mass is 32.1. The highest BCUT2D eigenvalue weighted by Crippen LogP contribution is 2.30. The molecular weight excluding hydrogens is 266 g/mol. The lowest BCUT2D eigenvalue weighted by Gasteiger charge is -2.32. The lowest BCUT2D eigenvalue weighted by Crippen LogP contribution is -2.46. The van der Waals surface area contributed by atoms with E-state index >= 15 is 0 Å². The molecule has 2 heterocycles. The molecule has 1 aliphatic rings. The van der Waals surface area contributed by atoms with E-state index < -0.39 is 11.4 Å². The predicted molar refractivity (Wildman–Crippen MR) is 72.7 cm³/mol. The fourth-order valence-electron chi connectivity index (χ4n) is 2.21. The second-order valence-corrected chi connectivity index (χ2v) is 5.85. The van der Waals surface area contributed by atoms with Crippen LogP contribution in [0.25, 0.3) is 0 Å². The van der Waals surface area contributed by atoms with Crippen LogP contribution < -0.4 is 10.6 Å². The van der Waals surface area contributed by atoms with Crippen molar-refractivity contribution in [2.24, 2.45) is 5.41 Å². The molecule has 1 amide bonds. The number of anilines is 1. The number of carbonyl (C=O) groups excluding carboxylic acids is 1. The zero-order valence-corrected chi connectivity index (χ0v) is 11.8. The molecule has 7 heteroatoms. The Morgan fingerprint density at radius 2 is 2.26 bits per heavy atom. The third-order valence-electron chi connectivity index (χ3n) is 3.45. The van der Waals surface area contributed by atoms with E-state index in [1.165, 1.54) is 0 Å². The van der Waals surface area contributed by atoms with E-state index in [0.29, 0.717) is 17.2 Å². The first-order valence-corrected chi connectivity index (χ1v) is 6.93. The summed E-state index contributed by atoms with van der Waals surface area (Å²) in [4.78, 5) is 23.5. The fraction of sp³-hybridized carbons (Fsp3) is 0.583. The predicted octanol–water partition coefficient (Wildman–Crippen LogP) is 1.48. The van der Waals surface area contributed by atoms with Gasteiger partial charge in [0.05, 0.1) is 11.1 Å². The van der Waals surface area contributed by atoms with Crippen LogP contribution in [0, 0.1) is 12.3 Å². The van der Waals surface area contributed by atoms with Crippen molar-refractivity contribution in [1.82, 2.24) is 9.69 Å². The summed E-state index contributed by atoms with van der Waals surface area (Å²) in [6.45, 7) is 5.05. The van der Waals surface area contributed by atoms with E-state index in [2.05, 4.69) is 15.0 Å². The van der Waals surface area contributed by atoms with Gasteiger partial charge in [-0.1, -0.05) is 0 Å². The van der Waals surface area contributed by atoms with E-state index in [9.17, 15) is 9.59 Å². The highest BCUT2D eigenvalue weighted by molar-refractivity contribution is 7.11. The van der Waals surface area contributed by atoms with Crippen LogP contribution in [0.5, 0.6) is 0 Å². The fourth-order valence-corrected chi connectivity index (χ4v) is 3.00. The zero-order chi connectivity index (χ0) is 14.0. The Hall–Kier alpha value is -1.47. The Balaban J connectivity index is 2.17. The Morgan fingerprint density at radius 1 is 1.53 bits per heavy atom. The van der Waals surface area contributed by atoms with Gasteiger partial charge in [0.2, 0.25) is 5.91 Å². The van der Waals surface area contributed by atoms with E-state index in [1.807, 2.05) is 6.92 Å². The lowest BCUT2D eigenvalue weighted by atomic mass is 9.82. The van der Waals surface area contributed by atoms with Crippen LogP contribution >= 0.6 is 11.5 Å². The Kier molecular flexibility index (Phi) is 3.86. The maximum absolute atomic E-state index is 12.3. The maximum Gasteiger partial charge on any atom is 0.340 e. The molecule has 104 valence electrons. The van der Waals surface area contributed by atoms with Crippen LogP contribution in [-0.4, -0.2) is 34.4 Å². The number of aryl methyl sites for hydroxylation is 1. The van der Waals surface area contributed by atoms with E-state index in [1.54, 1.807) is 6.92 Å². The molecule has 0 radical (unpaired) electrons.